The number of nitrogens with zero attached hydrogens (tertiary/aromatic N) is 4. The van der Waals surface area contributed by atoms with E-state index in [4.69, 9.17) is 4.98 Å². The summed E-state index contributed by atoms with van der Waals surface area (Å²) in [5.41, 5.74) is 0. The molecule has 0 aromatic carbocycles. The summed E-state index contributed by atoms with van der Waals surface area (Å²) in [6.07, 6.45) is 11.7. The highest BCUT2D eigenvalue weighted by Gasteiger charge is 2.37. The fourth-order valence-electron chi connectivity index (χ4n) is 4.12. The molecule has 0 amide bonds. The molecule has 6 nitrogen and oxygen atoms in total. The number of rotatable bonds is 5. The van der Waals surface area contributed by atoms with Gasteiger partial charge in [0.15, 0.2) is 0 Å². The summed E-state index contributed by atoms with van der Waals surface area (Å²) in [6, 6.07) is 2.36. The first-order chi connectivity index (χ1) is 12.0. The van der Waals surface area contributed by atoms with Crippen LogP contribution in [0.3, 0.4) is 0 Å². The van der Waals surface area contributed by atoms with E-state index in [9.17, 15) is 8.42 Å². The quantitative estimate of drug-likeness (QED) is 0.803. The van der Waals surface area contributed by atoms with Crippen LogP contribution >= 0.6 is 0 Å². The van der Waals surface area contributed by atoms with Crippen LogP contribution in [0.2, 0.25) is 0 Å². The van der Waals surface area contributed by atoms with Gasteiger partial charge in [0.25, 0.3) is 0 Å². The van der Waals surface area contributed by atoms with Crippen LogP contribution in [0.25, 0.3) is 0 Å². The van der Waals surface area contributed by atoms with E-state index in [1.807, 2.05) is 16.6 Å². The second kappa shape index (κ2) is 6.83. The minimum atomic E-state index is -3.14. The lowest BCUT2D eigenvalue weighted by Gasteiger charge is -2.40. The maximum atomic E-state index is 12.3. The van der Waals surface area contributed by atoms with Gasteiger partial charge in [0.1, 0.15) is 11.6 Å². The normalized spacial score (nSPS) is 25.7. The molecule has 2 saturated carbocycles. The van der Waals surface area contributed by atoms with Crippen molar-refractivity contribution in [3.05, 3.63) is 18.1 Å². The second-order valence-corrected chi connectivity index (χ2v) is 9.68. The van der Waals surface area contributed by atoms with Gasteiger partial charge in [-0.05, 0) is 51.0 Å². The highest BCUT2D eigenvalue weighted by atomic mass is 32.2. The SMILES string of the molecule is CS(=O)(=O)N(C1CCC1)[C@@H]1CCCN(c2ccnc(C3CC3)n2)CC1. The van der Waals surface area contributed by atoms with E-state index in [1.54, 1.807) is 0 Å². The van der Waals surface area contributed by atoms with Gasteiger partial charge in [0, 0.05) is 37.3 Å². The first-order valence-corrected chi connectivity index (χ1v) is 11.4. The van der Waals surface area contributed by atoms with E-state index in [-0.39, 0.29) is 12.1 Å². The van der Waals surface area contributed by atoms with Crippen LogP contribution in [0.15, 0.2) is 12.3 Å². The standard InChI is InChI=1S/C18H28N4O2S/c1-25(23,24)22(15-4-2-5-15)16-6-3-12-21(13-10-16)17-9-11-19-18(20-17)14-7-8-14/h9,11,14-16H,2-8,10,12-13H2,1H3/t16-/m1/s1. The van der Waals surface area contributed by atoms with Crippen molar-refractivity contribution in [1.82, 2.24) is 14.3 Å². The zero-order valence-electron chi connectivity index (χ0n) is 15.0. The number of sulfonamides is 1. The Morgan fingerprint density at radius 1 is 1.04 bits per heavy atom. The molecule has 2 heterocycles. The fourth-order valence-corrected chi connectivity index (χ4v) is 5.63. The lowest BCUT2D eigenvalue weighted by Crippen LogP contribution is -2.49. The van der Waals surface area contributed by atoms with Crippen LogP contribution in [-0.2, 0) is 10.0 Å². The Kier molecular flexibility index (Phi) is 4.71. The zero-order chi connectivity index (χ0) is 17.4. The van der Waals surface area contributed by atoms with Gasteiger partial charge in [0.05, 0.1) is 6.26 Å². The van der Waals surface area contributed by atoms with Gasteiger partial charge in [-0.1, -0.05) is 6.42 Å². The average Bonchev–Trinajstić information content (AvgIpc) is 3.36. The van der Waals surface area contributed by atoms with Gasteiger partial charge in [-0.25, -0.2) is 18.4 Å². The van der Waals surface area contributed by atoms with E-state index in [2.05, 4.69) is 9.88 Å². The van der Waals surface area contributed by atoms with Crippen LogP contribution < -0.4 is 4.90 Å². The average molecular weight is 365 g/mol. The molecule has 7 heteroatoms. The summed E-state index contributed by atoms with van der Waals surface area (Å²) in [6.45, 7) is 1.81. The summed E-state index contributed by atoms with van der Waals surface area (Å²) in [7, 11) is -3.14. The van der Waals surface area contributed by atoms with Crippen molar-refractivity contribution in [2.24, 2.45) is 0 Å². The third-order valence-electron chi connectivity index (χ3n) is 5.80. The Labute approximate surface area is 150 Å². The second-order valence-electron chi connectivity index (χ2n) is 7.80. The molecule has 0 unspecified atom stereocenters. The van der Waals surface area contributed by atoms with Crippen LogP contribution in [0, 0.1) is 0 Å². The lowest BCUT2D eigenvalue weighted by atomic mass is 9.91. The van der Waals surface area contributed by atoms with Crippen molar-refractivity contribution in [3.63, 3.8) is 0 Å². The third-order valence-corrected chi connectivity index (χ3v) is 7.16. The largest absolute Gasteiger partial charge is 0.356 e. The topological polar surface area (TPSA) is 66.4 Å². The minimum absolute atomic E-state index is 0.134. The molecule has 0 radical (unpaired) electrons. The van der Waals surface area contributed by atoms with Crippen molar-refractivity contribution in [3.8, 4) is 0 Å². The summed E-state index contributed by atoms with van der Waals surface area (Å²) in [5, 5.41) is 0. The van der Waals surface area contributed by atoms with Crippen molar-refractivity contribution in [1.29, 1.82) is 0 Å². The monoisotopic (exact) mass is 364 g/mol. The number of hydrogen-bond acceptors (Lipinski definition) is 5. The Bertz CT molecular complexity index is 716. The molecule has 0 spiro atoms. The molecule has 3 fully saturated rings. The summed E-state index contributed by atoms with van der Waals surface area (Å²) in [4.78, 5) is 11.5. The molecular formula is C18H28N4O2S. The van der Waals surface area contributed by atoms with E-state index < -0.39 is 10.0 Å². The highest BCUT2D eigenvalue weighted by Crippen LogP contribution is 2.38. The molecule has 4 rings (SSSR count). The fraction of sp³-hybridized carbons (Fsp3) is 0.778. The maximum absolute atomic E-state index is 12.3. The van der Waals surface area contributed by atoms with E-state index in [0.717, 1.165) is 63.3 Å². The maximum Gasteiger partial charge on any atom is 0.211 e. The minimum Gasteiger partial charge on any atom is -0.356 e. The number of anilines is 1. The first kappa shape index (κ1) is 17.2. The van der Waals surface area contributed by atoms with Gasteiger partial charge in [-0.15, -0.1) is 0 Å². The number of aromatic nitrogens is 2. The molecule has 138 valence electrons. The van der Waals surface area contributed by atoms with Gasteiger partial charge in [-0.3, -0.25) is 0 Å². The predicted octanol–water partition coefficient (Wildman–Crippen LogP) is 2.53. The van der Waals surface area contributed by atoms with Crippen LogP contribution in [0.1, 0.15) is 63.1 Å². The van der Waals surface area contributed by atoms with E-state index >= 15 is 0 Å². The van der Waals surface area contributed by atoms with Gasteiger partial charge in [-0.2, -0.15) is 4.31 Å². The molecule has 2 aliphatic carbocycles. The van der Waals surface area contributed by atoms with E-state index in [1.165, 1.54) is 19.1 Å². The molecule has 0 N–H and O–H groups in total. The molecular weight excluding hydrogens is 336 g/mol. The van der Waals surface area contributed by atoms with Crippen LogP contribution in [0.4, 0.5) is 5.82 Å². The molecule has 1 aromatic rings. The summed E-state index contributed by atoms with van der Waals surface area (Å²) >= 11 is 0. The van der Waals surface area contributed by atoms with Crippen molar-refractivity contribution < 1.29 is 8.42 Å². The molecule has 1 saturated heterocycles. The van der Waals surface area contributed by atoms with E-state index in [0.29, 0.717) is 5.92 Å². The third kappa shape index (κ3) is 3.82. The van der Waals surface area contributed by atoms with Crippen molar-refractivity contribution in [2.45, 2.75) is 69.4 Å². The Hall–Kier alpha value is -1.21. The Morgan fingerprint density at radius 3 is 2.40 bits per heavy atom. The molecule has 25 heavy (non-hydrogen) atoms. The molecule has 1 atom stereocenters. The molecule has 1 aromatic heterocycles. The molecule has 1 aliphatic heterocycles. The number of hydrogen-bond donors (Lipinski definition) is 0. The van der Waals surface area contributed by atoms with Crippen molar-refractivity contribution in [2.75, 3.05) is 24.2 Å². The van der Waals surface area contributed by atoms with Gasteiger partial charge >= 0.3 is 0 Å². The van der Waals surface area contributed by atoms with Gasteiger partial charge in [0.2, 0.25) is 10.0 Å². The first-order valence-electron chi connectivity index (χ1n) is 9.59. The van der Waals surface area contributed by atoms with Crippen LogP contribution in [-0.4, -0.2) is 54.1 Å². The smallest absolute Gasteiger partial charge is 0.211 e. The predicted molar refractivity (Wildman–Crippen MR) is 98.2 cm³/mol. The lowest BCUT2D eigenvalue weighted by molar-refractivity contribution is 0.164. The molecule has 0 bridgehead atoms. The zero-order valence-corrected chi connectivity index (χ0v) is 15.8. The Balaban J connectivity index is 1.47. The van der Waals surface area contributed by atoms with Gasteiger partial charge < -0.3 is 4.90 Å². The summed E-state index contributed by atoms with van der Waals surface area (Å²) < 4.78 is 26.5. The van der Waals surface area contributed by atoms with Crippen LogP contribution in [0.5, 0.6) is 0 Å². The molecule has 3 aliphatic rings. The Morgan fingerprint density at radius 2 is 1.76 bits per heavy atom. The van der Waals surface area contributed by atoms with Crippen molar-refractivity contribution >= 4 is 15.8 Å². The summed E-state index contributed by atoms with van der Waals surface area (Å²) in [5.74, 6) is 2.54. The highest BCUT2D eigenvalue weighted by molar-refractivity contribution is 7.88.